The Hall–Kier alpha value is -1.23. The van der Waals surface area contributed by atoms with Gasteiger partial charge in [0.1, 0.15) is 5.82 Å². The van der Waals surface area contributed by atoms with Crippen LogP contribution in [0.2, 0.25) is 0 Å². The summed E-state index contributed by atoms with van der Waals surface area (Å²) in [6.07, 6.45) is 1.60. The molecule has 0 saturated heterocycles. The Balaban J connectivity index is 2.14. The van der Waals surface area contributed by atoms with Crippen LogP contribution in [-0.2, 0) is 6.42 Å². The third kappa shape index (κ3) is 3.45. The van der Waals surface area contributed by atoms with Gasteiger partial charge in [-0.05, 0) is 52.9 Å². The molecule has 2 aromatic rings. The molecule has 0 spiro atoms. The van der Waals surface area contributed by atoms with E-state index in [4.69, 9.17) is 5.84 Å². The average molecular weight is 337 g/mol. The molecule has 0 fully saturated rings. The predicted octanol–water partition coefficient (Wildman–Crippen LogP) is 4.03. The number of hydrogen-bond donors (Lipinski definition) is 2. The minimum atomic E-state index is -0.250. The molecule has 20 heavy (non-hydrogen) atoms. The minimum absolute atomic E-state index is 0.202. The van der Waals surface area contributed by atoms with Crippen LogP contribution in [0.3, 0.4) is 0 Å². The summed E-state index contributed by atoms with van der Waals surface area (Å²) in [6, 6.07) is 13.3. The molecule has 2 aromatic carbocycles. The lowest BCUT2D eigenvalue weighted by molar-refractivity contribution is 0.483. The largest absolute Gasteiger partial charge is 0.271 e. The van der Waals surface area contributed by atoms with Gasteiger partial charge in [0.05, 0.1) is 4.47 Å². The number of hydrogen-bond acceptors (Lipinski definition) is 2. The van der Waals surface area contributed by atoms with Crippen LogP contribution in [0.15, 0.2) is 46.9 Å². The van der Waals surface area contributed by atoms with E-state index in [0.29, 0.717) is 10.0 Å². The van der Waals surface area contributed by atoms with Crippen LogP contribution in [0.4, 0.5) is 4.39 Å². The lowest BCUT2D eigenvalue weighted by Crippen LogP contribution is -2.29. The van der Waals surface area contributed by atoms with Gasteiger partial charge in [0.2, 0.25) is 0 Å². The zero-order valence-electron chi connectivity index (χ0n) is 11.4. The molecule has 0 radical (unpaired) electrons. The molecule has 0 aliphatic heterocycles. The van der Waals surface area contributed by atoms with Gasteiger partial charge in [-0.25, -0.2) is 4.39 Å². The minimum Gasteiger partial charge on any atom is -0.271 e. The van der Waals surface area contributed by atoms with Gasteiger partial charge in [-0.2, -0.15) is 0 Å². The van der Waals surface area contributed by atoms with Gasteiger partial charge < -0.3 is 0 Å². The van der Waals surface area contributed by atoms with E-state index in [-0.39, 0.29) is 11.9 Å². The molecular formula is C16H18BrFN2. The van der Waals surface area contributed by atoms with Gasteiger partial charge >= 0.3 is 0 Å². The Morgan fingerprint density at radius 2 is 1.95 bits per heavy atom. The van der Waals surface area contributed by atoms with Gasteiger partial charge in [0.25, 0.3) is 0 Å². The van der Waals surface area contributed by atoms with Crippen molar-refractivity contribution in [3.8, 4) is 0 Å². The van der Waals surface area contributed by atoms with E-state index in [0.717, 1.165) is 12.8 Å². The summed E-state index contributed by atoms with van der Waals surface area (Å²) >= 11 is 3.21. The summed E-state index contributed by atoms with van der Waals surface area (Å²) in [5, 5.41) is 0. The second-order valence-electron chi connectivity index (χ2n) is 4.83. The van der Waals surface area contributed by atoms with E-state index in [1.807, 2.05) is 18.2 Å². The van der Waals surface area contributed by atoms with E-state index in [9.17, 15) is 4.39 Å². The summed E-state index contributed by atoms with van der Waals surface area (Å²) in [7, 11) is 0. The zero-order valence-corrected chi connectivity index (χ0v) is 13.0. The normalized spacial score (nSPS) is 12.4. The maximum absolute atomic E-state index is 14.1. The standard InChI is InChI=1S/C16H18BrFN2/c1-11-5-2-3-6-12(11)9-10-15(20-19)13-7-4-8-14(17)16(13)18/h2-8,15,20H,9-10,19H2,1H3. The molecule has 4 heteroatoms. The highest BCUT2D eigenvalue weighted by molar-refractivity contribution is 9.10. The molecule has 2 nitrogen and oxygen atoms in total. The van der Waals surface area contributed by atoms with Crippen molar-refractivity contribution in [2.45, 2.75) is 25.8 Å². The predicted molar refractivity (Wildman–Crippen MR) is 83.7 cm³/mol. The molecular weight excluding hydrogens is 319 g/mol. The second kappa shape index (κ2) is 6.97. The molecule has 2 rings (SSSR count). The first-order valence-electron chi connectivity index (χ1n) is 6.58. The van der Waals surface area contributed by atoms with Crippen molar-refractivity contribution in [3.05, 3.63) is 69.4 Å². The fourth-order valence-electron chi connectivity index (χ4n) is 2.31. The van der Waals surface area contributed by atoms with Crippen molar-refractivity contribution in [1.29, 1.82) is 0 Å². The van der Waals surface area contributed by atoms with Gasteiger partial charge in [0.15, 0.2) is 0 Å². The van der Waals surface area contributed by atoms with Gasteiger partial charge in [-0.1, -0.05) is 36.4 Å². The van der Waals surface area contributed by atoms with E-state index < -0.39 is 0 Å². The van der Waals surface area contributed by atoms with E-state index in [1.54, 1.807) is 12.1 Å². The fourth-order valence-corrected chi connectivity index (χ4v) is 2.69. The average Bonchev–Trinajstić information content (AvgIpc) is 2.45. The second-order valence-corrected chi connectivity index (χ2v) is 5.68. The van der Waals surface area contributed by atoms with Crippen molar-refractivity contribution in [2.75, 3.05) is 0 Å². The van der Waals surface area contributed by atoms with Gasteiger partial charge in [-0.15, -0.1) is 0 Å². The third-order valence-electron chi connectivity index (χ3n) is 3.52. The first-order chi connectivity index (χ1) is 9.63. The first kappa shape index (κ1) is 15.2. The number of halogens is 2. The van der Waals surface area contributed by atoms with Crippen LogP contribution >= 0.6 is 15.9 Å². The molecule has 0 saturated carbocycles. The maximum atomic E-state index is 14.1. The Morgan fingerprint density at radius 3 is 2.65 bits per heavy atom. The summed E-state index contributed by atoms with van der Waals surface area (Å²) in [4.78, 5) is 0. The van der Waals surface area contributed by atoms with Crippen molar-refractivity contribution in [2.24, 2.45) is 5.84 Å². The maximum Gasteiger partial charge on any atom is 0.142 e. The van der Waals surface area contributed by atoms with Crippen molar-refractivity contribution >= 4 is 15.9 Å². The lowest BCUT2D eigenvalue weighted by atomic mass is 9.97. The zero-order chi connectivity index (χ0) is 14.5. The van der Waals surface area contributed by atoms with Gasteiger partial charge in [0, 0.05) is 11.6 Å². The van der Waals surface area contributed by atoms with E-state index in [2.05, 4.69) is 40.4 Å². The number of nitrogens with two attached hydrogens (primary N) is 1. The Kier molecular flexibility index (Phi) is 5.29. The highest BCUT2D eigenvalue weighted by Gasteiger charge is 2.16. The molecule has 0 amide bonds. The van der Waals surface area contributed by atoms with Crippen LogP contribution in [0, 0.1) is 12.7 Å². The Morgan fingerprint density at radius 1 is 1.20 bits per heavy atom. The Bertz CT molecular complexity index is 586. The van der Waals surface area contributed by atoms with Crippen LogP contribution in [0.5, 0.6) is 0 Å². The molecule has 106 valence electrons. The topological polar surface area (TPSA) is 38.0 Å². The molecule has 0 heterocycles. The van der Waals surface area contributed by atoms with Crippen LogP contribution < -0.4 is 11.3 Å². The number of nitrogens with one attached hydrogen (secondary N) is 1. The van der Waals surface area contributed by atoms with Crippen LogP contribution in [-0.4, -0.2) is 0 Å². The Labute approximate surface area is 127 Å². The summed E-state index contributed by atoms with van der Waals surface area (Å²) in [6.45, 7) is 2.08. The molecule has 0 aliphatic carbocycles. The third-order valence-corrected chi connectivity index (χ3v) is 4.13. The molecule has 0 aliphatic rings. The number of rotatable bonds is 5. The van der Waals surface area contributed by atoms with E-state index in [1.165, 1.54) is 11.1 Å². The highest BCUT2D eigenvalue weighted by Crippen LogP contribution is 2.26. The van der Waals surface area contributed by atoms with Crippen molar-refractivity contribution in [1.82, 2.24) is 5.43 Å². The van der Waals surface area contributed by atoms with Crippen LogP contribution in [0.1, 0.15) is 29.2 Å². The molecule has 0 aromatic heterocycles. The van der Waals surface area contributed by atoms with Crippen LogP contribution in [0.25, 0.3) is 0 Å². The SMILES string of the molecule is Cc1ccccc1CCC(NN)c1cccc(Br)c1F. The molecule has 3 N–H and O–H groups in total. The first-order valence-corrected chi connectivity index (χ1v) is 7.37. The molecule has 1 unspecified atom stereocenters. The quantitative estimate of drug-likeness (QED) is 0.638. The van der Waals surface area contributed by atoms with Gasteiger partial charge in [-0.3, -0.25) is 11.3 Å². The number of hydrazine groups is 1. The van der Waals surface area contributed by atoms with Crippen molar-refractivity contribution in [3.63, 3.8) is 0 Å². The van der Waals surface area contributed by atoms with Crippen molar-refractivity contribution < 1.29 is 4.39 Å². The number of benzene rings is 2. The smallest absolute Gasteiger partial charge is 0.142 e. The summed E-state index contributed by atoms with van der Waals surface area (Å²) < 4.78 is 14.6. The monoisotopic (exact) mass is 336 g/mol. The molecule has 0 bridgehead atoms. The van der Waals surface area contributed by atoms with E-state index >= 15 is 0 Å². The summed E-state index contributed by atoms with van der Waals surface area (Å²) in [5.74, 6) is 5.34. The lowest BCUT2D eigenvalue weighted by Gasteiger charge is -2.18. The molecule has 1 atom stereocenters. The summed E-state index contributed by atoms with van der Waals surface area (Å²) in [5.41, 5.74) is 5.82. The fraction of sp³-hybridized carbons (Fsp3) is 0.250. The number of aryl methyl sites for hydroxylation is 2. The highest BCUT2D eigenvalue weighted by atomic mass is 79.9.